The summed E-state index contributed by atoms with van der Waals surface area (Å²) in [5, 5.41) is 16.0. The molecular formula is C21H20N2O4. The van der Waals surface area contributed by atoms with E-state index in [1.807, 2.05) is 42.5 Å². The number of hydrogen-bond donors (Lipinski definition) is 2. The van der Waals surface area contributed by atoms with Crippen molar-refractivity contribution in [2.75, 3.05) is 14.2 Å². The van der Waals surface area contributed by atoms with Gasteiger partial charge < -0.3 is 14.6 Å². The molecule has 0 spiro atoms. The summed E-state index contributed by atoms with van der Waals surface area (Å²) in [5.41, 5.74) is 4.08. The summed E-state index contributed by atoms with van der Waals surface area (Å²) in [4.78, 5) is 12.2. The van der Waals surface area contributed by atoms with Crippen LogP contribution in [-0.4, -0.2) is 31.4 Å². The third kappa shape index (κ3) is 4.17. The number of hydrazone groups is 1. The van der Waals surface area contributed by atoms with Gasteiger partial charge in [-0.15, -0.1) is 0 Å². The van der Waals surface area contributed by atoms with E-state index >= 15 is 0 Å². The van der Waals surface area contributed by atoms with Crippen molar-refractivity contribution >= 4 is 22.9 Å². The summed E-state index contributed by atoms with van der Waals surface area (Å²) in [7, 11) is 2.89. The van der Waals surface area contributed by atoms with Crippen molar-refractivity contribution in [1.82, 2.24) is 5.43 Å². The number of nitrogens with zero attached hydrogens (tertiary/aromatic N) is 1. The van der Waals surface area contributed by atoms with Crippen molar-refractivity contribution < 1.29 is 19.4 Å². The smallest absolute Gasteiger partial charge is 0.244 e. The third-order valence-corrected chi connectivity index (χ3v) is 4.14. The van der Waals surface area contributed by atoms with Crippen molar-refractivity contribution in [3.05, 3.63) is 65.7 Å². The van der Waals surface area contributed by atoms with Crippen LogP contribution >= 0.6 is 0 Å². The van der Waals surface area contributed by atoms with Gasteiger partial charge >= 0.3 is 0 Å². The number of carbonyl (C=O) groups excluding carboxylic acids is 1. The van der Waals surface area contributed by atoms with Crippen LogP contribution in [0.4, 0.5) is 0 Å². The van der Waals surface area contributed by atoms with Gasteiger partial charge in [-0.05, 0) is 28.5 Å². The molecule has 0 fully saturated rings. The number of rotatable bonds is 6. The second kappa shape index (κ2) is 8.23. The molecule has 0 aromatic heterocycles. The Morgan fingerprint density at radius 3 is 2.44 bits per heavy atom. The van der Waals surface area contributed by atoms with E-state index in [1.54, 1.807) is 12.1 Å². The molecule has 0 bridgehead atoms. The summed E-state index contributed by atoms with van der Waals surface area (Å²) < 4.78 is 10.2. The first-order valence-corrected chi connectivity index (χ1v) is 8.36. The van der Waals surface area contributed by atoms with Crippen molar-refractivity contribution in [1.29, 1.82) is 0 Å². The van der Waals surface area contributed by atoms with Gasteiger partial charge in [-0.25, -0.2) is 5.43 Å². The fraction of sp³-hybridized carbons (Fsp3) is 0.143. The van der Waals surface area contributed by atoms with E-state index in [2.05, 4.69) is 10.5 Å². The Morgan fingerprint density at radius 2 is 1.74 bits per heavy atom. The quantitative estimate of drug-likeness (QED) is 0.520. The van der Waals surface area contributed by atoms with Crippen LogP contribution in [0.2, 0.25) is 0 Å². The molecule has 0 atom stereocenters. The molecule has 3 rings (SSSR count). The molecule has 0 heterocycles. The highest BCUT2D eigenvalue weighted by atomic mass is 16.5. The minimum absolute atomic E-state index is 0.0860. The van der Waals surface area contributed by atoms with Gasteiger partial charge in [0.1, 0.15) is 0 Å². The monoisotopic (exact) mass is 364 g/mol. The highest BCUT2D eigenvalue weighted by Gasteiger charge is 2.10. The molecule has 2 N–H and O–H groups in total. The minimum Gasteiger partial charge on any atom is -0.502 e. The van der Waals surface area contributed by atoms with Crippen LogP contribution in [0.25, 0.3) is 10.8 Å². The fourth-order valence-corrected chi connectivity index (χ4v) is 2.83. The summed E-state index contributed by atoms with van der Waals surface area (Å²) in [5.74, 6) is 0.216. The molecule has 3 aromatic rings. The molecule has 138 valence electrons. The van der Waals surface area contributed by atoms with E-state index in [0.29, 0.717) is 5.56 Å². The second-order valence-electron chi connectivity index (χ2n) is 5.88. The molecule has 27 heavy (non-hydrogen) atoms. The molecule has 0 unspecified atom stereocenters. The predicted octanol–water partition coefficient (Wildman–Crippen LogP) is 3.26. The molecule has 0 aliphatic carbocycles. The lowest BCUT2D eigenvalue weighted by Crippen LogP contribution is -2.19. The molecule has 3 aromatic carbocycles. The van der Waals surface area contributed by atoms with Crippen molar-refractivity contribution in [2.45, 2.75) is 6.42 Å². The maximum absolute atomic E-state index is 12.2. The zero-order valence-electron chi connectivity index (χ0n) is 15.1. The number of phenols is 1. The van der Waals surface area contributed by atoms with Crippen LogP contribution in [0.5, 0.6) is 17.2 Å². The predicted molar refractivity (Wildman–Crippen MR) is 105 cm³/mol. The van der Waals surface area contributed by atoms with Gasteiger partial charge in [0, 0.05) is 5.56 Å². The Bertz CT molecular complexity index is 968. The molecular weight excluding hydrogens is 344 g/mol. The Balaban J connectivity index is 1.70. The topological polar surface area (TPSA) is 80.2 Å². The zero-order chi connectivity index (χ0) is 19.2. The first-order chi connectivity index (χ1) is 13.1. The van der Waals surface area contributed by atoms with E-state index in [9.17, 15) is 9.90 Å². The summed E-state index contributed by atoms with van der Waals surface area (Å²) in [6.45, 7) is 0. The number of nitrogens with one attached hydrogen (secondary N) is 1. The average Bonchev–Trinajstić information content (AvgIpc) is 2.69. The van der Waals surface area contributed by atoms with E-state index in [0.717, 1.165) is 16.3 Å². The Kier molecular flexibility index (Phi) is 5.56. The van der Waals surface area contributed by atoms with Crippen LogP contribution in [0, 0.1) is 0 Å². The number of amides is 1. The van der Waals surface area contributed by atoms with Gasteiger partial charge in [0.2, 0.25) is 11.7 Å². The van der Waals surface area contributed by atoms with E-state index in [1.165, 1.54) is 20.4 Å². The van der Waals surface area contributed by atoms with Gasteiger partial charge in [0.05, 0.1) is 26.9 Å². The van der Waals surface area contributed by atoms with Crippen LogP contribution < -0.4 is 14.9 Å². The lowest BCUT2D eigenvalue weighted by molar-refractivity contribution is -0.120. The first kappa shape index (κ1) is 18.3. The van der Waals surface area contributed by atoms with Crippen molar-refractivity contribution in [3.8, 4) is 17.2 Å². The van der Waals surface area contributed by atoms with E-state index in [-0.39, 0.29) is 29.6 Å². The molecule has 0 aliphatic rings. The Labute approximate surface area is 157 Å². The normalized spacial score (nSPS) is 10.9. The van der Waals surface area contributed by atoms with Gasteiger partial charge in [-0.3, -0.25) is 4.79 Å². The number of hydrogen-bond acceptors (Lipinski definition) is 5. The lowest BCUT2D eigenvalue weighted by Gasteiger charge is -2.09. The molecule has 6 nitrogen and oxygen atoms in total. The molecule has 0 saturated carbocycles. The van der Waals surface area contributed by atoms with Gasteiger partial charge in [0.25, 0.3) is 0 Å². The standard InChI is InChI=1S/C21H20N2O4/c1-26-18-10-14(11-19(27-2)21(18)25)13-22-23-20(24)12-16-8-5-7-15-6-3-4-9-17(15)16/h3-11,13,25H,12H2,1-2H3,(H,23,24). The summed E-state index contributed by atoms with van der Waals surface area (Å²) >= 11 is 0. The van der Waals surface area contributed by atoms with E-state index < -0.39 is 0 Å². The van der Waals surface area contributed by atoms with Gasteiger partial charge in [-0.1, -0.05) is 42.5 Å². The highest BCUT2D eigenvalue weighted by Crippen LogP contribution is 2.36. The molecule has 0 saturated heterocycles. The highest BCUT2D eigenvalue weighted by molar-refractivity contribution is 5.90. The molecule has 6 heteroatoms. The molecule has 0 radical (unpaired) electrons. The molecule has 1 amide bonds. The zero-order valence-corrected chi connectivity index (χ0v) is 15.1. The van der Waals surface area contributed by atoms with Crippen LogP contribution in [-0.2, 0) is 11.2 Å². The number of phenolic OH excluding ortho intramolecular Hbond substituents is 1. The fourth-order valence-electron chi connectivity index (χ4n) is 2.83. The Hall–Kier alpha value is -3.54. The second-order valence-corrected chi connectivity index (χ2v) is 5.88. The number of carbonyl (C=O) groups is 1. The van der Waals surface area contributed by atoms with Crippen LogP contribution in [0.3, 0.4) is 0 Å². The maximum atomic E-state index is 12.2. The number of methoxy groups -OCH3 is 2. The van der Waals surface area contributed by atoms with Gasteiger partial charge in [-0.2, -0.15) is 5.10 Å². The number of fused-ring (bicyclic) bond motifs is 1. The van der Waals surface area contributed by atoms with Crippen LogP contribution in [0.15, 0.2) is 59.7 Å². The third-order valence-electron chi connectivity index (χ3n) is 4.14. The van der Waals surface area contributed by atoms with Gasteiger partial charge in [0.15, 0.2) is 11.5 Å². The Morgan fingerprint density at radius 1 is 1.07 bits per heavy atom. The number of benzene rings is 3. The lowest BCUT2D eigenvalue weighted by atomic mass is 10.0. The van der Waals surface area contributed by atoms with Crippen molar-refractivity contribution in [3.63, 3.8) is 0 Å². The van der Waals surface area contributed by atoms with Crippen LogP contribution in [0.1, 0.15) is 11.1 Å². The summed E-state index contributed by atoms with van der Waals surface area (Å²) in [6, 6.07) is 17.0. The maximum Gasteiger partial charge on any atom is 0.244 e. The van der Waals surface area contributed by atoms with Crippen molar-refractivity contribution in [2.24, 2.45) is 5.10 Å². The minimum atomic E-state index is -0.222. The largest absolute Gasteiger partial charge is 0.502 e. The average molecular weight is 364 g/mol. The number of aromatic hydroxyl groups is 1. The number of ether oxygens (including phenoxy) is 2. The van der Waals surface area contributed by atoms with E-state index in [4.69, 9.17) is 9.47 Å². The first-order valence-electron chi connectivity index (χ1n) is 8.36. The molecule has 0 aliphatic heterocycles. The summed E-state index contributed by atoms with van der Waals surface area (Å²) in [6.07, 6.45) is 1.69. The SMILES string of the molecule is COc1cc(C=NNC(=O)Cc2cccc3ccccc23)cc(OC)c1O.